The molecule has 2 saturated heterocycles. The van der Waals surface area contributed by atoms with E-state index in [9.17, 15) is 0 Å². The van der Waals surface area contributed by atoms with Crippen molar-refractivity contribution in [3.05, 3.63) is 35.4 Å². The molecule has 3 rings (SSSR count). The van der Waals surface area contributed by atoms with Gasteiger partial charge in [-0.2, -0.15) is 0 Å². The molecule has 2 heteroatoms. The van der Waals surface area contributed by atoms with E-state index in [1.165, 1.54) is 70.3 Å². The zero-order valence-electron chi connectivity index (χ0n) is 14.4. The molecule has 1 aromatic rings. The molecular weight excluding hydrogens is 280 g/mol. The highest BCUT2D eigenvalue weighted by atomic mass is 15.1. The smallest absolute Gasteiger partial charge is 0.0245 e. The van der Waals surface area contributed by atoms with Gasteiger partial charge in [0.05, 0.1) is 0 Å². The van der Waals surface area contributed by atoms with Crippen LogP contribution < -0.4 is 0 Å². The van der Waals surface area contributed by atoms with E-state index in [4.69, 9.17) is 0 Å². The Hall–Kier alpha value is -1.30. The Morgan fingerprint density at radius 1 is 0.739 bits per heavy atom. The van der Waals surface area contributed by atoms with Crippen molar-refractivity contribution in [2.45, 2.75) is 51.5 Å². The third kappa shape index (κ3) is 5.68. The molecular formula is C21H30N2. The van der Waals surface area contributed by atoms with Crippen LogP contribution >= 0.6 is 0 Å². The summed E-state index contributed by atoms with van der Waals surface area (Å²) in [6, 6.07) is 8.88. The number of nitrogens with zero attached hydrogens (tertiary/aromatic N) is 2. The highest BCUT2D eigenvalue weighted by Crippen LogP contribution is 2.13. The van der Waals surface area contributed by atoms with Gasteiger partial charge in [0.1, 0.15) is 0 Å². The molecule has 0 spiro atoms. The summed E-state index contributed by atoms with van der Waals surface area (Å²) in [5, 5.41) is 0. The van der Waals surface area contributed by atoms with Gasteiger partial charge in [-0.25, -0.2) is 0 Å². The second-order valence-corrected chi connectivity index (χ2v) is 6.99. The first-order valence-corrected chi connectivity index (χ1v) is 9.43. The van der Waals surface area contributed by atoms with Crippen LogP contribution in [-0.4, -0.2) is 42.5 Å². The Bertz CT molecular complexity index is 511. The number of piperidine rings is 2. The largest absolute Gasteiger partial charge is 0.302 e. The van der Waals surface area contributed by atoms with Crippen molar-refractivity contribution in [3.63, 3.8) is 0 Å². The van der Waals surface area contributed by atoms with Crippen molar-refractivity contribution in [2.75, 3.05) is 32.7 Å². The first kappa shape index (κ1) is 16.6. The first-order valence-electron chi connectivity index (χ1n) is 9.43. The van der Waals surface area contributed by atoms with E-state index in [0.717, 1.165) is 25.1 Å². The number of rotatable bonds is 4. The summed E-state index contributed by atoms with van der Waals surface area (Å²) < 4.78 is 0. The van der Waals surface area contributed by atoms with Crippen LogP contribution in [0.2, 0.25) is 0 Å². The summed E-state index contributed by atoms with van der Waals surface area (Å²) in [5.41, 5.74) is 2.58. The third-order valence-corrected chi connectivity index (χ3v) is 5.04. The van der Waals surface area contributed by atoms with Gasteiger partial charge in [-0.15, -0.1) is 0 Å². The van der Waals surface area contributed by atoms with Gasteiger partial charge in [-0.3, -0.25) is 4.90 Å². The first-order chi connectivity index (χ1) is 11.4. The van der Waals surface area contributed by atoms with E-state index in [1.807, 2.05) is 0 Å². The van der Waals surface area contributed by atoms with Crippen LogP contribution in [0.3, 0.4) is 0 Å². The van der Waals surface area contributed by atoms with Gasteiger partial charge < -0.3 is 4.90 Å². The summed E-state index contributed by atoms with van der Waals surface area (Å²) in [7, 11) is 0. The monoisotopic (exact) mass is 310 g/mol. The van der Waals surface area contributed by atoms with Crippen molar-refractivity contribution in [3.8, 4) is 11.8 Å². The topological polar surface area (TPSA) is 6.48 Å². The lowest BCUT2D eigenvalue weighted by atomic mass is 10.1. The molecule has 0 bridgehead atoms. The molecule has 2 nitrogen and oxygen atoms in total. The van der Waals surface area contributed by atoms with Crippen LogP contribution in [0.25, 0.3) is 0 Å². The molecule has 0 aliphatic carbocycles. The minimum atomic E-state index is 0.996. The van der Waals surface area contributed by atoms with Gasteiger partial charge in [0.25, 0.3) is 0 Å². The molecule has 0 unspecified atom stereocenters. The molecule has 0 radical (unpaired) electrons. The maximum absolute atomic E-state index is 3.35. The van der Waals surface area contributed by atoms with E-state index in [2.05, 4.69) is 45.9 Å². The second kappa shape index (κ2) is 9.11. The number of hydrogen-bond acceptors (Lipinski definition) is 2. The lowest BCUT2D eigenvalue weighted by Gasteiger charge is -2.26. The van der Waals surface area contributed by atoms with Gasteiger partial charge in [-0.1, -0.05) is 36.8 Å². The van der Waals surface area contributed by atoms with E-state index in [-0.39, 0.29) is 0 Å². The molecule has 0 amide bonds. The highest BCUT2D eigenvalue weighted by molar-refractivity contribution is 5.36. The van der Waals surface area contributed by atoms with E-state index >= 15 is 0 Å². The molecule has 0 aromatic heterocycles. The third-order valence-electron chi connectivity index (χ3n) is 5.04. The number of hydrogen-bond donors (Lipinski definition) is 0. The molecule has 0 saturated carbocycles. The predicted octanol–water partition coefficient (Wildman–Crippen LogP) is 3.90. The van der Waals surface area contributed by atoms with Crippen LogP contribution in [0.1, 0.15) is 56.1 Å². The van der Waals surface area contributed by atoms with Gasteiger partial charge in [-0.05, 0) is 69.6 Å². The van der Waals surface area contributed by atoms with E-state index in [1.54, 1.807) is 0 Å². The maximum Gasteiger partial charge on any atom is 0.0245 e. The predicted molar refractivity (Wildman–Crippen MR) is 97.4 cm³/mol. The summed E-state index contributed by atoms with van der Waals surface area (Å²) >= 11 is 0. The van der Waals surface area contributed by atoms with Gasteiger partial charge in [0.2, 0.25) is 0 Å². The Morgan fingerprint density at radius 2 is 1.35 bits per heavy atom. The Balaban J connectivity index is 1.42. The lowest BCUT2D eigenvalue weighted by molar-refractivity contribution is 0.221. The van der Waals surface area contributed by atoms with Crippen molar-refractivity contribution >= 4 is 0 Å². The minimum Gasteiger partial charge on any atom is -0.302 e. The zero-order chi connectivity index (χ0) is 15.7. The Labute approximate surface area is 141 Å². The van der Waals surface area contributed by atoms with Crippen LogP contribution in [0.15, 0.2) is 24.3 Å². The highest BCUT2D eigenvalue weighted by Gasteiger charge is 2.10. The minimum absolute atomic E-state index is 0.996. The summed E-state index contributed by atoms with van der Waals surface area (Å²) in [6.07, 6.45) is 9.27. The Kier molecular flexibility index (Phi) is 6.55. The molecule has 124 valence electrons. The van der Waals surface area contributed by atoms with Crippen LogP contribution in [0, 0.1) is 11.8 Å². The summed E-state index contributed by atoms with van der Waals surface area (Å²) in [5.74, 6) is 6.67. The summed E-state index contributed by atoms with van der Waals surface area (Å²) in [4.78, 5) is 5.13. The molecule has 0 atom stereocenters. The second-order valence-electron chi connectivity index (χ2n) is 6.99. The van der Waals surface area contributed by atoms with E-state index in [0.29, 0.717) is 0 Å². The average molecular weight is 310 g/mol. The van der Waals surface area contributed by atoms with Crippen LogP contribution in [0.4, 0.5) is 0 Å². The molecule has 1 aromatic carbocycles. The fraction of sp³-hybridized carbons (Fsp3) is 0.619. The van der Waals surface area contributed by atoms with Gasteiger partial charge in [0, 0.05) is 25.1 Å². The molecule has 2 aliphatic heterocycles. The lowest BCUT2D eigenvalue weighted by Crippen LogP contribution is -2.30. The Morgan fingerprint density at radius 3 is 2.00 bits per heavy atom. The van der Waals surface area contributed by atoms with E-state index < -0.39 is 0 Å². The fourth-order valence-electron chi connectivity index (χ4n) is 3.63. The van der Waals surface area contributed by atoms with Crippen molar-refractivity contribution in [1.82, 2.24) is 9.80 Å². The maximum atomic E-state index is 3.35. The standard InChI is InChI=1S/C21H30N2/c1-4-14-22(15-5-1)16-8-3-9-20-10-12-21(13-11-20)19-23-17-6-2-7-18-23/h10-13H,1-2,4-8,14-19H2. The molecule has 23 heavy (non-hydrogen) atoms. The number of benzene rings is 1. The average Bonchev–Trinajstić information content (AvgIpc) is 2.62. The van der Waals surface area contributed by atoms with Crippen molar-refractivity contribution < 1.29 is 0 Å². The van der Waals surface area contributed by atoms with Crippen LogP contribution in [-0.2, 0) is 6.54 Å². The van der Waals surface area contributed by atoms with Crippen molar-refractivity contribution in [1.29, 1.82) is 0 Å². The van der Waals surface area contributed by atoms with Gasteiger partial charge >= 0.3 is 0 Å². The fourth-order valence-corrected chi connectivity index (χ4v) is 3.63. The summed E-state index contributed by atoms with van der Waals surface area (Å²) in [6.45, 7) is 7.30. The quantitative estimate of drug-likeness (QED) is 0.778. The zero-order valence-corrected chi connectivity index (χ0v) is 14.4. The molecule has 2 aliphatic rings. The van der Waals surface area contributed by atoms with Crippen LogP contribution in [0.5, 0.6) is 0 Å². The molecule has 2 heterocycles. The van der Waals surface area contributed by atoms with Gasteiger partial charge in [0.15, 0.2) is 0 Å². The number of likely N-dealkylation sites (tertiary alicyclic amines) is 2. The normalized spacial score (nSPS) is 20.0. The molecule has 2 fully saturated rings. The molecule has 0 N–H and O–H groups in total. The SMILES string of the molecule is C(#Cc1ccc(CN2CCCCC2)cc1)CCN1CCCCC1. The van der Waals surface area contributed by atoms with Crippen molar-refractivity contribution in [2.24, 2.45) is 0 Å².